The van der Waals surface area contributed by atoms with Crippen molar-refractivity contribution >= 4 is 32.6 Å². The van der Waals surface area contributed by atoms with Crippen molar-refractivity contribution in [3.63, 3.8) is 0 Å². The molecule has 0 saturated carbocycles. The number of anilines is 1. The molecule has 0 atom stereocenters. The number of amides is 1. The Labute approximate surface area is 174 Å². The maximum Gasteiger partial charge on any atom is 0.233 e. The molecule has 0 saturated heterocycles. The molecule has 0 aliphatic rings. The van der Waals surface area contributed by atoms with E-state index in [1.165, 1.54) is 5.56 Å². The summed E-state index contributed by atoms with van der Waals surface area (Å²) in [5.41, 5.74) is 4.37. The molecule has 4 rings (SSSR count). The number of rotatable bonds is 7. The lowest BCUT2D eigenvalue weighted by Gasteiger charge is -2.20. The first kappa shape index (κ1) is 19.3. The Bertz CT molecular complexity index is 1080. The van der Waals surface area contributed by atoms with Crippen molar-refractivity contribution in [3.05, 3.63) is 77.9 Å². The smallest absolute Gasteiger partial charge is 0.233 e. The van der Waals surface area contributed by atoms with E-state index >= 15 is 0 Å². The molecule has 1 amide bonds. The van der Waals surface area contributed by atoms with Gasteiger partial charge in [0.2, 0.25) is 5.91 Å². The van der Waals surface area contributed by atoms with Crippen molar-refractivity contribution in [3.8, 4) is 0 Å². The summed E-state index contributed by atoms with van der Waals surface area (Å²) in [5, 5.41) is 0.770. The predicted molar refractivity (Wildman–Crippen MR) is 118 cm³/mol. The number of fused-ring (bicyclic) bond motifs is 1. The minimum Gasteiger partial charge on any atom is -0.337 e. The third-order valence-electron chi connectivity index (χ3n) is 5.01. The van der Waals surface area contributed by atoms with Gasteiger partial charge in [0.15, 0.2) is 5.13 Å². The largest absolute Gasteiger partial charge is 0.337 e. The first-order valence-electron chi connectivity index (χ1n) is 9.78. The van der Waals surface area contributed by atoms with Gasteiger partial charge in [-0.1, -0.05) is 47.2 Å². The number of imidazole rings is 1. The maximum absolute atomic E-state index is 13.3. The zero-order valence-corrected chi connectivity index (χ0v) is 17.5. The Balaban J connectivity index is 1.56. The number of carbonyl (C=O) groups is 1. The fourth-order valence-corrected chi connectivity index (χ4v) is 4.44. The summed E-state index contributed by atoms with van der Waals surface area (Å²) in [6.07, 6.45) is 6.74. The van der Waals surface area contributed by atoms with Gasteiger partial charge in [-0.2, -0.15) is 0 Å². The molecule has 2 heterocycles. The molecule has 0 aliphatic heterocycles. The van der Waals surface area contributed by atoms with E-state index in [-0.39, 0.29) is 5.91 Å². The summed E-state index contributed by atoms with van der Waals surface area (Å²) in [6, 6.07) is 14.3. The minimum absolute atomic E-state index is 0.0849. The molecule has 0 spiro atoms. The molecule has 148 valence electrons. The molecular weight excluding hydrogens is 380 g/mol. The monoisotopic (exact) mass is 404 g/mol. The summed E-state index contributed by atoms with van der Waals surface area (Å²) >= 11 is 1.57. The number of para-hydroxylation sites is 1. The van der Waals surface area contributed by atoms with Gasteiger partial charge in [0.25, 0.3) is 0 Å². The summed E-state index contributed by atoms with van der Waals surface area (Å²) < 4.78 is 3.13. The van der Waals surface area contributed by atoms with Crippen LogP contribution in [0.5, 0.6) is 0 Å². The maximum atomic E-state index is 13.3. The summed E-state index contributed by atoms with van der Waals surface area (Å²) in [7, 11) is 0. The van der Waals surface area contributed by atoms with Crippen LogP contribution in [0.15, 0.2) is 61.2 Å². The van der Waals surface area contributed by atoms with E-state index in [2.05, 4.69) is 43.1 Å². The van der Waals surface area contributed by atoms with Crippen LogP contribution in [0.1, 0.15) is 23.1 Å². The standard InChI is InChI=1S/C23H24N4OS/c1-17-8-9-19(18(2)14-17)15-22(28)27(12-5-11-26-13-10-24-16-26)23-25-20-6-3-4-7-21(20)29-23/h3-4,6-10,13-14,16H,5,11-12,15H2,1-2H3. The van der Waals surface area contributed by atoms with E-state index in [0.29, 0.717) is 13.0 Å². The second-order valence-electron chi connectivity index (χ2n) is 7.27. The molecule has 5 nitrogen and oxygen atoms in total. The van der Waals surface area contributed by atoms with Crippen molar-refractivity contribution in [2.24, 2.45) is 0 Å². The number of nitrogens with zero attached hydrogens (tertiary/aromatic N) is 4. The Morgan fingerprint density at radius 1 is 1.17 bits per heavy atom. The van der Waals surface area contributed by atoms with E-state index in [9.17, 15) is 4.79 Å². The summed E-state index contributed by atoms with van der Waals surface area (Å²) in [5.74, 6) is 0.0849. The van der Waals surface area contributed by atoms with Crippen LogP contribution >= 0.6 is 11.3 Å². The van der Waals surface area contributed by atoms with Gasteiger partial charge >= 0.3 is 0 Å². The van der Waals surface area contributed by atoms with E-state index in [4.69, 9.17) is 4.98 Å². The normalized spacial score (nSPS) is 11.1. The van der Waals surface area contributed by atoms with Gasteiger partial charge in [0, 0.05) is 25.5 Å². The number of hydrogen-bond acceptors (Lipinski definition) is 4. The molecule has 2 aromatic carbocycles. The van der Waals surface area contributed by atoms with Gasteiger partial charge in [0.1, 0.15) is 0 Å². The predicted octanol–water partition coefficient (Wildman–Crippen LogP) is 4.78. The number of carbonyl (C=O) groups excluding carboxylic acids is 1. The van der Waals surface area contributed by atoms with Gasteiger partial charge in [-0.15, -0.1) is 0 Å². The van der Waals surface area contributed by atoms with Crippen molar-refractivity contribution < 1.29 is 4.79 Å². The van der Waals surface area contributed by atoms with Crippen LogP contribution in [-0.2, 0) is 17.8 Å². The molecule has 6 heteroatoms. The van der Waals surface area contributed by atoms with E-state index < -0.39 is 0 Å². The van der Waals surface area contributed by atoms with Crippen molar-refractivity contribution in [1.82, 2.24) is 14.5 Å². The minimum atomic E-state index is 0.0849. The van der Waals surface area contributed by atoms with Crippen LogP contribution in [0.4, 0.5) is 5.13 Å². The zero-order chi connectivity index (χ0) is 20.2. The van der Waals surface area contributed by atoms with E-state index in [0.717, 1.165) is 39.4 Å². The first-order valence-corrected chi connectivity index (χ1v) is 10.6. The Hall–Kier alpha value is -2.99. The van der Waals surface area contributed by atoms with Gasteiger partial charge in [-0.05, 0) is 43.5 Å². The Morgan fingerprint density at radius 3 is 2.79 bits per heavy atom. The SMILES string of the molecule is Cc1ccc(CC(=O)N(CCCn2ccnc2)c2nc3ccccc3s2)c(C)c1. The molecular formula is C23H24N4OS. The van der Waals surface area contributed by atoms with Crippen LogP contribution in [0, 0.1) is 13.8 Å². The quantitative estimate of drug-likeness (QED) is 0.446. The first-order chi connectivity index (χ1) is 14.1. The molecule has 0 aliphatic carbocycles. The Kier molecular flexibility index (Phi) is 5.71. The van der Waals surface area contributed by atoms with Crippen LogP contribution in [0.25, 0.3) is 10.2 Å². The number of thiazole rings is 1. The highest BCUT2D eigenvalue weighted by molar-refractivity contribution is 7.22. The zero-order valence-electron chi connectivity index (χ0n) is 16.7. The molecule has 0 unspecified atom stereocenters. The second kappa shape index (κ2) is 8.57. The highest BCUT2D eigenvalue weighted by Crippen LogP contribution is 2.29. The van der Waals surface area contributed by atoms with Crippen LogP contribution in [0.2, 0.25) is 0 Å². The number of aromatic nitrogens is 3. The molecule has 29 heavy (non-hydrogen) atoms. The lowest BCUT2D eigenvalue weighted by molar-refractivity contribution is -0.118. The van der Waals surface area contributed by atoms with Crippen LogP contribution in [0.3, 0.4) is 0 Å². The van der Waals surface area contributed by atoms with Crippen LogP contribution < -0.4 is 4.90 Å². The second-order valence-corrected chi connectivity index (χ2v) is 8.28. The van der Waals surface area contributed by atoms with Gasteiger partial charge in [0.05, 0.1) is 23.0 Å². The van der Waals surface area contributed by atoms with Crippen molar-refractivity contribution in [1.29, 1.82) is 0 Å². The average molecular weight is 405 g/mol. The third kappa shape index (κ3) is 4.54. The van der Waals surface area contributed by atoms with Gasteiger partial charge in [-0.3, -0.25) is 9.69 Å². The topological polar surface area (TPSA) is 51.0 Å². The molecule has 0 fully saturated rings. The summed E-state index contributed by atoms with van der Waals surface area (Å²) in [6.45, 7) is 5.58. The van der Waals surface area contributed by atoms with E-state index in [1.54, 1.807) is 23.9 Å². The number of hydrogen-bond donors (Lipinski definition) is 0. The molecule has 0 N–H and O–H groups in total. The van der Waals surface area contributed by atoms with Crippen LogP contribution in [-0.4, -0.2) is 27.0 Å². The number of aryl methyl sites for hydroxylation is 3. The van der Waals surface area contributed by atoms with Crippen molar-refractivity contribution in [2.75, 3.05) is 11.4 Å². The number of benzene rings is 2. The van der Waals surface area contributed by atoms with Crippen molar-refractivity contribution in [2.45, 2.75) is 33.2 Å². The fraction of sp³-hybridized carbons (Fsp3) is 0.261. The molecule has 0 radical (unpaired) electrons. The van der Waals surface area contributed by atoms with E-state index in [1.807, 2.05) is 33.9 Å². The Morgan fingerprint density at radius 2 is 2.03 bits per heavy atom. The molecule has 4 aromatic rings. The third-order valence-corrected chi connectivity index (χ3v) is 6.07. The lowest BCUT2D eigenvalue weighted by Crippen LogP contribution is -2.33. The lowest BCUT2D eigenvalue weighted by atomic mass is 10.0. The fourth-order valence-electron chi connectivity index (χ4n) is 3.44. The van der Waals surface area contributed by atoms with Gasteiger partial charge < -0.3 is 4.57 Å². The molecule has 2 aromatic heterocycles. The highest BCUT2D eigenvalue weighted by atomic mass is 32.1. The molecule has 0 bridgehead atoms. The van der Waals surface area contributed by atoms with Gasteiger partial charge in [-0.25, -0.2) is 9.97 Å². The average Bonchev–Trinajstić information content (AvgIpc) is 3.36. The highest BCUT2D eigenvalue weighted by Gasteiger charge is 2.20. The summed E-state index contributed by atoms with van der Waals surface area (Å²) in [4.78, 5) is 24.0.